The zero-order valence-electron chi connectivity index (χ0n) is 9.52. The highest BCUT2D eigenvalue weighted by Crippen LogP contribution is 2.28. The van der Waals surface area contributed by atoms with E-state index in [4.69, 9.17) is 0 Å². The van der Waals surface area contributed by atoms with Crippen molar-refractivity contribution in [2.45, 2.75) is 19.0 Å². The standard InChI is InChI=1S/C11H12F3N3O/c12-11(13,14)9-5-16-10(6-15-9)17-3-1-8(7-18)2-4-17/h5-8H,1-4H2. The van der Waals surface area contributed by atoms with Crippen molar-refractivity contribution < 1.29 is 18.0 Å². The molecule has 0 N–H and O–H groups in total. The van der Waals surface area contributed by atoms with E-state index in [0.29, 0.717) is 31.7 Å². The summed E-state index contributed by atoms with van der Waals surface area (Å²) < 4.78 is 36.9. The summed E-state index contributed by atoms with van der Waals surface area (Å²) in [5.41, 5.74) is -0.992. The summed E-state index contributed by atoms with van der Waals surface area (Å²) in [6, 6.07) is 0. The SMILES string of the molecule is O=CC1CCN(c2cnc(C(F)(F)F)cn2)CC1. The van der Waals surface area contributed by atoms with E-state index in [0.717, 1.165) is 18.7 Å². The number of carbonyl (C=O) groups is 1. The van der Waals surface area contributed by atoms with Gasteiger partial charge in [0.2, 0.25) is 0 Å². The molecular weight excluding hydrogens is 247 g/mol. The molecule has 1 aromatic heterocycles. The van der Waals surface area contributed by atoms with Gasteiger partial charge in [0.15, 0.2) is 5.69 Å². The van der Waals surface area contributed by atoms with E-state index in [1.54, 1.807) is 0 Å². The van der Waals surface area contributed by atoms with E-state index < -0.39 is 11.9 Å². The fraction of sp³-hybridized carbons (Fsp3) is 0.545. The first-order valence-electron chi connectivity index (χ1n) is 5.60. The van der Waals surface area contributed by atoms with Crippen LogP contribution >= 0.6 is 0 Å². The second-order valence-corrected chi connectivity index (χ2v) is 4.22. The Morgan fingerprint density at radius 2 is 1.89 bits per heavy atom. The number of rotatable bonds is 2. The van der Waals surface area contributed by atoms with Gasteiger partial charge in [-0.3, -0.25) is 0 Å². The molecule has 1 aliphatic rings. The number of hydrogen-bond donors (Lipinski definition) is 0. The molecule has 0 radical (unpaired) electrons. The van der Waals surface area contributed by atoms with Gasteiger partial charge in [-0.05, 0) is 12.8 Å². The maximum atomic E-state index is 12.3. The van der Waals surface area contributed by atoms with Crippen molar-refractivity contribution in [3.63, 3.8) is 0 Å². The number of halogens is 3. The minimum absolute atomic E-state index is 0.0451. The van der Waals surface area contributed by atoms with Crippen LogP contribution in [0.15, 0.2) is 12.4 Å². The number of alkyl halides is 3. The average molecular weight is 259 g/mol. The van der Waals surface area contributed by atoms with Gasteiger partial charge < -0.3 is 9.69 Å². The number of aromatic nitrogens is 2. The Labute approximate surface area is 102 Å². The van der Waals surface area contributed by atoms with Crippen LogP contribution in [0.25, 0.3) is 0 Å². The predicted molar refractivity (Wildman–Crippen MR) is 58.0 cm³/mol. The molecule has 2 rings (SSSR count). The largest absolute Gasteiger partial charge is 0.434 e. The summed E-state index contributed by atoms with van der Waals surface area (Å²) in [7, 11) is 0. The molecule has 1 fully saturated rings. The Bertz CT molecular complexity index is 411. The molecule has 0 saturated carbocycles. The van der Waals surface area contributed by atoms with Crippen molar-refractivity contribution >= 4 is 12.1 Å². The molecule has 18 heavy (non-hydrogen) atoms. The number of nitrogens with zero attached hydrogens (tertiary/aromatic N) is 3. The van der Waals surface area contributed by atoms with Crippen LogP contribution in [0, 0.1) is 5.92 Å². The zero-order valence-corrected chi connectivity index (χ0v) is 9.52. The Morgan fingerprint density at radius 3 is 2.33 bits per heavy atom. The number of carbonyl (C=O) groups excluding carboxylic acids is 1. The second kappa shape index (κ2) is 4.91. The summed E-state index contributed by atoms with van der Waals surface area (Å²) in [6.07, 6.45) is -0.268. The number of hydrogen-bond acceptors (Lipinski definition) is 4. The van der Waals surface area contributed by atoms with E-state index in [1.165, 1.54) is 0 Å². The Hall–Kier alpha value is -1.66. The summed E-state index contributed by atoms with van der Waals surface area (Å²) in [5.74, 6) is 0.469. The van der Waals surface area contributed by atoms with Gasteiger partial charge in [0.1, 0.15) is 12.1 Å². The van der Waals surface area contributed by atoms with E-state index in [-0.39, 0.29) is 5.92 Å². The van der Waals surface area contributed by atoms with Gasteiger partial charge in [0.25, 0.3) is 0 Å². The smallest absolute Gasteiger partial charge is 0.355 e. The van der Waals surface area contributed by atoms with Crippen LogP contribution in [-0.4, -0.2) is 29.3 Å². The molecule has 1 aliphatic heterocycles. The predicted octanol–water partition coefficient (Wildman–Crippen LogP) is 1.91. The normalized spacial score (nSPS) is 17.8. The molecule has 0 aromatic carbocycles. The lowest BCUT2D eigenvalue weighted by Gasteiger charge is -2.30. The van der Waals surface area contributed by atoms with Crippen molar-refractivity contribution in [1.82, 2.24) is 9.97 Å². The molecule has 98 valence electrons. The third-order valence-corrected chi connectivity index (χ3v) is 2.98. The zero-order chi connectivity index (χ0) is 13.2. The van der Waals surface area contributed by atoms with Gasteiger partial charge >= 0.3 is 6.18 Å². The van der Waals surface area contributed by atoms with Gasteiger partial charge in [-0.25, -0.2) is 9.97 Å². The highest BCUT2D eigenvalue weighted by molar-refractivity contribution is 5.54. The molecule has 0 aliphatic carbocycles. The summed E-state index contributed by atoms with van der Waals surface area (Å²) >= 11 is 0. The van der Waals surface area contributed by atoms with E-state index >= 15 is 0 Å². The minimum atomic E-state index is -4.46. The molecular formula is C11H12F3N3O. The molecule has 0 atom stereocenters. The maximum Gasteiger partial charge on any atom is 0.434 e. The van der Waals surface area contributed by atoms with Crippen LogP contribution in [0.4, 0.5) is 19.0 Å². The van der Waals surface area contributed by atoms with E-state index in [9.17, 15) is 18.0 Å². The van der Waals surface area contributed by atoms with E-state index in [2.05, 4.69) is 9.97 Å². The Morgan fingerprint density at radius 1 is 1.22 bits per heavy atom. The number of piperidine rings is 1. The Balaban J connectivity index is 2.05. The molecule has 1 aromatic rings. The third-order valence-electron chi connectivity index (χ3n) is 2.98. The molecule has 7 heteroatoms. The van der Waals surface area contributed by atoms with E-state index in [1.807, 2.05) is 4.90 Å². The van der Waals surface area contributed by atoms with Crippen LogP contribution < -0.4 is 4.90 Å². The number of aldehydes is 1. The van der Waals surface area contributed by atoms with Crippen LogP contribution in [0.2, 0.25) is 0 Å². The molecule has 0 amide bonds. The summed E-state index contributed by atoms with van der Waals surface area (Å²) in [5, 5.41) is 0. The Kier molecular flexibility index (Phi) is 3.49. The van der Waals surface area contributed by atoms with Crippen LogP contribution in [0.1, 0.15) is 18.5 Å². The van der Waals surface area contributed by atoms with Gasteiger partial charge in [-0.2, -0.15) is 13.2 Å². The highest BCUT2D eigenvalue weighted by Gasteiger charge is 2.33. The van der Waals surface area contributed by atoms with Crippen molar-refractivity contribution in [3.05, 3.63) is 18.1 Å². The van der Waals surface area contributed by atoms with Gasteiger partial charge in [-0.1, -0.05) is 0 Å². The van der Waals surface area contributed by atoms with Crippen LogP contribution in [0.3, 0.4) is 0 Å². The fourth-order valence-electron chi connectivity index (χ4n) is 1.90. The van der Waals surface area contributed by atoms with Crippen LogP contribution in [-0.2, 0) is 11.0 Å². The lowest BCUT2D eigenvalue weighted by Crippen LogP contribution is -2.34. The second-order valence-electron chi connectivity index (χ2n) is 4.22. The number of anilines is 1. The quantitative estimate of drug-likeness (QED) is 0.761. The third kappa shape index (κ3) is 2.77. The maximum absolute atomic E-state index is 12.3. The van der Waals surface area contributed by atoms with Crippen molar-refractivity contribution in [3.8, 4) is 0 Å². The first-order valence-corrected chi connectivity index (χ1v) is 5.60. The average Bonchev–Trinajstić information content (AvgIpc) is 2.38. The molecule has 4 nitrogen and oxygen atoms in total. The molecule has 0 spiro atoms. The van der Waals surface area contributed by atoms with Gasteiger partial charge in [-0.15, -0.1) is 0 Å². The highest BCUT2D eigenvalue weighted by atomic mass is 19.4. The molecule has 1 saturated heterocycles. The lowest BCUT2D eigenvalue weighted by molar-refractivity contribution is -0.141. The first-order chi connectivity index (χ1) is 8.50. The first kappa shape index (κ1) is 12.8. The van der Waals surface area contributed by atoms with Crippen molar-refractivity contribution in [2.75, 3.05) is 18.0 Å². The molecule has 0 bridgehead atoms. The van der Waals surface area contributed by atoms with Crippen molar-refractivity contribution in [2.24, 2.45) is 5.92 Å². The van der Waals surface area contributed by atoms with Gasteiger partial charge in [0.05, 0.1) is 12.4 Å². The summed E-state index contributed by atoms with van der Waals surface area (Å²) in [6.45, 7) is 1.23. The van der Waals surface area contributed by atoms with Gasteiger partial charge in [0, 0.05) is 19.0 Å². The lowest BCUT2D eigenvalue weighted by atomic mass is 9.99. The topological polar surface area (TPSA) is 46.1 Å². The van der Waals surface area contributed by atoms with Crippen LogP contribution in [0.5, 0.6) is 0 Å². The monoisotopic (exact) mass is 259 g/mol. The molecule has 0 unspecified atom stereocenters. The van der Waals surface area contributed by atoms with Crippen molar-refractivity contribution in [1.29, 1.82) is 0 Å². The summed E-state index contributed by atoms with van der Waals surface area (Å²) in [4.78, 5) is 19.6. The molecule has 2 heterocycles. The minimum Gasteiger partial charge on any atom is -0.355 e. The fourth-order valence-corrected chi connectivity index (χ4v) is 1.90.